The number of nitrogens with one attached hydrogen (secondary N) is 1. The summed E-state index contributed by atoms with van der Waals surface area (Å²) in [6.45, 7) is 13.2. The second-order valence-electron chi connectivity index (χ2n) is 21.2. The van der Waals surface area contributed by atoms with Gasteiger partial charge in [-0.15, -0.1) is 5.10 Å². The van der Waals surface area contributed by atoms with Crippen molar-refractivity contribution < 1.29 is 56.8 Å². The Kier molecular flexibility index (Phi) is 21.5. The maximum atomic E-state index is 14.5. The number of rotatable bonds is 8. The first-order valence-electron chi connectivity index (χ1n) is 25.7. The average Bonchev–Trinajstić information content (AvgIpc) is 3.87. The van der Waals surface area contributed by atoms with Gasteiger partial charge in [0.15, 0.2) is 5.78 Å². The number of sulfonamides is 1. The molecule has 4 heterocycles. The molecule has 0 radical (unpaired) electrons. The van der Waals surface area contributed by atoms with E-state index in [2.05, 4.69) is 27.2 Å². The number of carbonyl (C=O) groups excluding carboxylic acids is 4. The van der Waals surface area contributed by atoms with Gasteiger partial charge in [-0.2, -0.15) is 0 Å². The number of aliphatic hydroxyl groups excluding tert-OH is 1. The number of esters is 1. The van der Waals surface area contributed by atoms with Crippen LogP contribution in [0.4, 0.5) is 0 Å². The van der Waals surface area contributed by atoms with Gasteiger partial charge in [-0.25, -0.2) is 22.6 Å². The summed E-state index contributed by atoms with van der Waals surface area (Å²) in [5.41, 5.74) is 1.23. The highest BCUT2D eigenvalue weighted by Gasteiger charge is 2.53. The minimum absolute atomic E-state index is 0.0105. The van der Waals surface area contributed by atoms with E-state index in [1.807, 2.05) is 39.0 Å². The van der Waals surface area contributed by atoms with Crippen LogP contribution in [-0.2, 0) is 48.1 Å². The molecular formula is C52H82N6O12S. The molecule has 0 unspecified atom stereocenters. The average molecular weight is 1020 g/mol. The van der Waals surface area contributed by atoms with E-state index >= 15 is 0 Å². The molecule has 2 saturated heterocycles. The highest BCUT2D eigenvalue weighted by molar-refractivity contribution is 7.88. The molecule has 2 bridgehead atoms. The summed E-state index contributed by atoms with van der Waals surface area (Å²) in [6, 6.07) is -1.87. The molecule has 1 amide bonds. The number of carbonyl (C=O) groups is 4. The zero-order chi connectivity index (χ0) is 52.2. The van der Waals surface area contributed by atoms with Crippen molar-refractivity contribution in [1.82, 2.24) is 29.8 Å². The van der Waals surface area contributed by atoms with E-state index in [9.17, 15) is 37.8 Å². The summed E-state index contributed by atoms with van der Waals surface area (Å²) in [4.78, 5) is 58.3. The summed E-state index contributed by atoms with van der Waals surface area (Å²) >= 11 is 0. The van der Waals surface area contributed by atoms with Crippen LogP contribution < -0.4 is 4.72 Å². The van der Waals surface area contributed by atoms with Gasteiger partial charge in [-0.1, -0.05) is 76.6 Å². The number of nitrogens with zero attached hydrogens (tertiary/aromatic N) is 5. The van der Waals surface area contributed by atoms with Gasteiger partial charge in [0, 0.05) is 38.6 Å². The zero-order valence-corrected chi connectivity index (χ0v) is 44.5. The second kappa shape index (κ2) is 26.3. The maximum absolute atomic E-state index is 14.5. The number of aliphatic hydroxyl groups is 2. The fourth-order valence-electron chi connectivity index (χ4n) is 11.1. The van der Waals surface area contributed by atoms with Crippen molar-refractivity contribution >= 4 is 33.5 Å². The molecule has 5 rings (SSSR count). The number of ketones is 2. The van der Waals surface area contributed by atoms with Crippen molar-refractivity contribution in [3.8, 4) is 0 Å². The van der Waals surface area contributed by atoms with Crippen molar-refractivity contribution in [3.05, 3.63) is 53.9 Å². The standard InChI is InChI=1S/C52H82N6O12S/c1-32-16-12-11-13-17-34(3)41(54-71(10,65)66)30-40-22-20-38(7)52(64,70-40)49(61)50(62)57-25-15-14-18-43(57)51(63)69-44(24-19-33(2)27-37(6)47(60)48(68-9)46(59)36(5)26-32)35(4)28-39-21-23-42(45(29-39)67-8)58-31-53-55-56-58/h11-13,16-17,27,31-33,35-36,38-45,47-48,54,60,64H,14-15,18-26,28-30H2,1-10H3/b13-11+,16-12+,34-17+,37-27+/t32-,33+,35-,36-,38-,39+,40+,41+,42+,43+,44+,45-,47-,48+,52-/m1/s1. The number of hydrogen-bond donors (Lipinski definition) is 3. The summed E-state index contributed by atoms with van der Waals surface area (Å²) in [7, 11) is -0.618. The van der Waals surface area contributed by atoms with Crippen LogP contribution in [0.3, 0.4) is 0 Å². The van der Waals surface area contributed by atoms with E-state index in [1.54, 1.807) is 57.1 Å². The molecule has 1 aromatic heterocycles. The number of cyclic esters (lactones) is 1. The molecule has 1 aromatic rings. The minimum Gasteiger partial charge on any atom is -0.461 e. The summed E-state index contributed by atoms with van der Waals surface area (Å²) in [6.07, 6.45) is 16.7. The topological polar surface area (TPSA) is 239 Å². The van der Waals surface area contributed by atoms with Crippen molar-refractivity contribution in [1.29, 1.82) is 0 Å². The SMILES string of the molecule is CO[C@@H]1C[C@H](C[C@@H](C)[C@@H]2CC[C@H](C)/C=C(\C)[C@@H](O)[C@@H](OC)C(=O)[C@H](C)C[C@H](C)/C=C/C=C/C=C(\C)[C@@H](NS(C)(=O)=O)C[C@@H]3CC[C@@H](C)[C@@](O)(O3)C(=O)C(=O)N3CCCC[C@H]3C(=O)O2)CC[C@@H]1n1cnnn1. The van der Waals surface area contributed by atoms with Gasteiger partial charge in [0.05, 0.1) is 24.5 Å². The predicted molar refractivity (Wildman–Crippen MR) is 267 cm³/mol. The number of ether oxygens (including phenoxy) is 4. The fourth-order valence-corrected chi connectivity index (χ4v) is 11.9. The number of methoxy groups -OCH3 is 2. The Balaban J connectivity index is 1.46. The third kappa shape index (κ3) is 15.8. The van der Waals surface area contributed by atoms with Crippen LogP contribution in [0.2, 0.25) is 0 Å². The molecule has 3 fully saturated rings. The highest BCUT2D eigenvalue weighted by Crippen LogP contribution is 2.39. The van der Waals surface area contributed by atoms with E-state index in [0.717, 1.165) is 25.5 Å². The molecule has 1 saturated carbocycles. The van der Waals surface area contributed by atoms with E-state index < -0.39 is 81.8 Å². The number of amides is 1. The fraction of sp³-hybridized carbons (Fsp3) is 0.750. The Bertz CT molecular complexity index is 2180. The Morgan fingerprint density at radius 2 is 1.65 bits per heavy atom. The molecule has 71 heavy (non-hydrogen) atoms. The number of allylic oxidation sites excluding steroid dienone is 6. The largest absolute Gasteiger partial charge is 0.461 e. The minimum atomic E-state index is -3.72. The van der Waals surface area contributed by atoms with Crippen LogP contribution in [0.25, 0.3) is 0 Å². The van der Waals surface area contributed by atoms with Gasteiger partial charge in [0.1, 0.15) is 30.7 Å². The molecule has 19 heteroatoms. The van der Waals surface area contributed by atoms with Gasteiger partial charge < -0.3 is 34.1 Å². The molecule has 15 atom stereocenters. The van der Waals surface area contributed by atoms with Crippen LogP contribution in [0.5, 0.6) is 0 Å². The second-order valence-corrected chi connectivity index (χ2v) is 23.0. The third-order valence-electron chi connectivity index (χ3n) is 15.3. The lowest BCUT2D eigenvalue weighted by Crippen LogP contribution is -2.61. The summed E-state index contributed by atoms with van der Waals surface area (Å²) < 4.78 is 53.8. The molecule has 4 aliphatic rings. The predicted octanol–water partition coefficient (Wildman–Crippen LogP) is 5.77. The molecule has 0 aromatic carbocycles. The van der Waals surface area contributed by atoms with Gasteiger partial charge in [-0.3, -0.25) is 14.4 Å². The zero-order valence-electron chi connectivity index (χ0n) is 43.6. The smallest absolute Gasteiger partial charge is 0.329 e. The van der Waals surface area contributed by atoms with E-state index in [4.69, 9.17) is 18.9 Å². The molecule has 1 aliphatic carbocycles. The maximum Gasteiger partial charge on any atom is 0.329 e. The van der Waals surface area contributed by atoms with E-state index in [-0.39, 0.29) is 61.0 Å². The monoisotopic (exact) mass is 1010 g/mol. The van der Waals surface area contributed by atoms with Gasteiger partial charge in [0.2, 0.25) is 15.8 Å². The number of fused-ring (bicyclic) bond motifs is 3. The Labute approximate surface area is 421 Å². The molecule has 18 nitrogen and oxygen atoms in total. The van der Waals surface area contributed by atoms with Gasteiger partial charge in [-0.05, 0) is 137 Å². The van der Waals surface area contributed by atoms with E-state index in [0.29, 0.717) is 62.5 Å². The lowest BCUT2D eigenvalue weighted by Gasteiger charge is -2.43. The van der Waals surface area contributed by atoms with Gasteiger partial charge in [0.25, 0.3) is 11.7 Å². The summed E-state index contributed by atoms with van der Waals surface area (Å²) in [5.74, 6) is -6.81. The molecule has 3 N–H and O–H groups in total. The number of piperidine rings is 1. The van der Waals surface area contributed by atoms with Crippen molar-refractivity contribution in [3.63, 3.8) is 0 Å². The number of tetrazole rings is 1. The van der Waals surface area contributed by atoms with Crippen molar-refractivity contribution in [2.75, 3.05) is 27.0 Å². The Morgan fingerprint density at radius 1 is 0.901 bits per heavy atom. The first-order valence-corrected chi connectivity index (χ1v) is 27.6. The van der Waals surface area contributed by atoms with Crippen LogP contribution in [0, 0.1) is 35.5 Å². The first kappa shape index (κ1) is 57.9. The molecule has 398 valence electrons. The Morgan fingerprint density at radius 3 is 2.32 bits per heavy atom. The molecular weight excluding hydrogens is 933 g/mol. The van der Waals surface area contributed by atoms with Crippen molar-refractivity contribution in [2.45, 2.75) is 186 Å². The van der Waals surface area contributed by atoms with Crippen LogP contribution >= 0.6 is 0 Å². The molecule has 0 spiro atoms. The van der Waals surface area contributed by atoms with E-state index in [1.165, 1.54) is 12.0 Å². The van der Waals surface area contributed by atoms with Gasteiger partial charge >= 0.3 is 5.97 Å². The highest BCUT2D eigenvalue weighted by atomic mass is 32.2. The van der Waals surface area contributed by atoms with Crippen LogP contribution in [-0.4, -0.2) is 143 Å². The number of hydrogen-bond acceptors (Lipinski definition) is 15. The van der Waals surface area contributed by atoms with Crippen LogP contribution in [0.1, 0.15) is 138 Å². The summed E-state index contributed by atoms with van der Waals surface area (Å²) in [5, 5.41) is 35.4. The third-order valence-corrected chi connectivity index (χ3v) is 16.1. The Hall–Kier alpha value is -3.98. The lowest BCUT2D eigenvalue weighted by molar-refractivity contribution is -0.264. The quantitative estimate of drug-likeness (QED) is 0.159. The first-order chi connectivity index (χ1) is 33.6. The normalized spacial score (nSPS) is 38.2. The van der Waals surface area contributed by atoms with Crippen molar-refractivity contribution in [2.24, 2.45) is 35.5 Å². The number of Topliss-reactive ketones (excluding diaryl/α,β-unsaturated/α-hetero) is 2. The van der Waals surface area contributed by atoms with Crippen LogP contribution in [0.15, 0.2) is 53.9 Å². The number of aromatic nitrogens is 4. The molecule has 3 aliphatic heterocycles. The lowest BCUT2D eigenvalue weighted by atomic mass is 9.77.